The lowest BCUT2D eigenvalue weighted by Crippen LogP contribution is -2.28. The molecule has 6 heteroatoms. The van der Waals surface area contributed by atoms with E-state index in [-0.39, 0.29) is 16.9 Å². The Kier molecular flexibility index (Phi) is 3.33. The van der Waals surface area contributed by atoms with E-state index in [1.807, 2.05) is 6.07 Å². The summed E-state index contributed by atoms with van der Waals surface area (Å²) in [5.41, 5.74) is 5.33. The molecule has 0 bridgehead atoms. The van der Waals surface area contributed by atoms with Crippen molar-refractivity contribution in [2.75, 3.05) is 5.73 Å². The Morgan fingerprint density at radius 2 is 2.00 bits per heavy atom. The highest BCUT2D eigenvalue weighted by Gasteiger charge is 2.21. The summed E-state index contributed by atoms with van der Waals surface area (Å²) in [6, 6.07) is 8.78. The summed E-state index contributed by atoms with van der Waals surface area (Å²) in [6.07, 6.45) is 0. The van der Waals surface area contributed by atoms with Crippen molar-refractivity contribution in [2.24, 2.45) is 0 Å². The second-order valence-electron chi connectivity index (χ2n) is 3.93. The second-order valence-corrected chi connectivity index (χ2v) is 3.93. The number of rotatable bonds is 3. The second kappa shape index (κ2) is 4.93. The molecule has 1 aromatic heterocycles. The van der Waals surface area contributed by atoms with Crippen LogP contribution >= 0.6 is 0 Å². The third-order valence-electron chi connectivity index (χ3n) is 2.75. The Bertz CT molecular complexity index is 678. The highest BCUT2D eigenvalue weighted by molar-refractivity contribution is 5.99. The fraction of sp³-hybridized carbons (Fsp3) is 0.154. The number of aryl methyl sites for hydroxylation is 1. The summed E-state index contributed by atoms with van der Waals surface area (Å²) in [7, 11) is 0. The van der Waals surface area contributed by atoms with Crippen molar-refractivity contribution >= 4 is 11.7 Å². The van der Waals surface area contributed by atoms with Gasteiger partial charge >= 0.3 is 5.97 Å². The minimum atomic E-state index is -1.26. The van der Waals surface area contributed by atoms with Gasteiger partial charge in [-0.3, -0.25) is 4.79 Å². The maximum atomic E-state index is 11.8. The molecule has 19 heavy (non-hydrogen) atoms. The Morgan fingerprint density at radius 3 is 2.53 bits per heavy atom. The first-order chi connectivity index (χ1) is 9.06. The number of aromatic nitrogens is 2. The molecule has 0 unspecified atom stereocenters. The molecule has 0 radical (unpaired) electrons. The molecule has 1 heterocycles. The normalized spacial score (nSPS) is 10.4. The van der Waals surface area contributed by atoms with Crippen molar-refractivity contribution in [3.05, 3.63) is 46.2 Å². The maximum absolute atomic E-state index is 11.8. The number of aromatic carboxylic acids is 1. The van der Waals surface area contributed by atoms with Gasteiger partial charge < -0.3 is 10.8 Å². The summed E-state index contributed by atoms with van der Waals surface area (Å²) in [5.74, 6) is -1.26. The van der Waals surface area contributed by atoms with Crippen LogP contribution in [0.3, 0.4) is 0 Å². The van der Waals surface area contributed by atoms with Crippen LogP contribution in [0.15, 0.2) is 35.1 Å². The van der Waals surface area contributed by atoms with Crippen molar-refractivity contribution in [1.29, 1.82) is 0 Å². The number of carbonyl (C=O) groups is 1. The molecular weight excluding hydrogens is 246 g/mol. The molecule has 0 aliphatic rings. The van der Waals surface area contributed by atoms with Gasteiger partial charge in [-0.15, -0.1) is 0 Å². The molecule has 98 valence electrons. The smallest absolute Gasteiger partial charge is 0.340 e. The molecule has 0 spiro atoms. The van der Waals surface area contributed by atoms with E-state index < -0.39 is 11.5 Å². The lowest BCUT2D eigenvalue weighted by atomic mass is 10.1. The van der Waals surface area contributed by atoms with Crippen molar-refractivity contribution in [2.45, 2.75) is 13.5 Å². The number of benzene rings is 1. The van der Waals surface area contributed by atoms with Crippen molar-refractivity contribution in [3.63, 3.8) is 0 Å². The van der Waals surface area contributed by atoms with Crippen LogP contribution in [0.25, 0.3) is 11.3 Å². The van der Waals surface area contributed by atoms with Gasteiger partial charge in [-0.05, 0) is 6.92 Å². The summed E-state index contributed by atoms with van der Waals surface area (Å²) in [5, 5.41) is 13.3. The van der Waals surface area contributed by atoms with Gasteiger partial charge in [-0.2, -0.15) is 5.10 Å². The summed E-state index contributed by atoms with van der Waals surface area (Å²) >= 11 is 0. The summed E-state index contributed by atoms with van der Waals surface area (Å²) in [4.78, 5) is 23.1. The predicted molar refractivity (Wildman–Crippen MR) is 71.0 cm³/mol. The first-order valence-electron chi connectivity index (χ1n) is 5.75. The van der Waals surface area contributed by atoms with Crippen LogP contribution in [-0.2, 0) is 6.54 Å². The van der Waals surface area contributed by atoms with E-state index >= 15 is 0 Å². The number of anilines is 1. The minimum absolute atomic E-state index is 0.201. The molecule has 1 aromatic carbocycles. The van der Waals surface area contributed by atoms with Crippen LogP contribution in [-0.4, -0.2) is 20.9 Å². The molecule has 0 saturated heterocycles. The Morgan fingerprint density at radius 1 is 1.37 bits per heavy atom. The van der Waals surface area contributed by atoms with Crippen LogP contribution in [0.2, 0.25) is 0 Å². The third-order valence-corrected chi connectivity index (χ3v) is 2.75. The zero-order valence-electron chi connectivity index (χ0n) is 10.3. The van der Waals surface area contributed by atoms with Crippen LogP contribution in [0, 0.1) is 0 Å². The first-order valence-corrected chi connectivity index (χ1v) is 5.75. The zero-order valence-corrected chi connectivity index (χ0v) is 10.3. The molecule has 0 fully saturated rings. The molecule has 0 atom stereocenters. The molecule has 0 aliphatic heterocycles. The summed E-state index contributed by atoms with van der Waals surface area (Å²) < 4.78 is 1.16. The lowest BCUT2D eigenvalue weighted by Gasteiger charge is -2.11. The molecule has 0 amide bonds. The van der Waals surface area contributed by atoms with E-state index in [9.17, 15) is 14.7 Å². The standard InChI is InChI=1S/C13H13N3O3/c1-2-16-12(17)10(14)9(13(18)19)11(15-16)8-6-4-3-5-7-8/h3-7H,2,14H2,1H3,(H,18,19). The number of hydrogen-bond acceptors (Lipinski definition) is 4. The monoisotopic (exact) mass is 259 g/mol. The van der Waals surface area contributed by atoms with Gasteiger partial charge in [0.25, 0.3) is 5.56 Å². The average molecular weight is 259 g/mol. The fourth-order valence-corrected chi connectivity index (χ4v) is 1.82. The summed E-state index contributed by atoms with van der Waals surface area (Å²) in [6.45, 7) is 2.06. The lowest BCUT2D eigenvalue weighted by molar-refractivity contribution is 0.0698. The molecule has 2 aromatic rings. The van der Waals surface area contributed by atoms with Gasteiger partial charge in [0, 0.05) is 12.1 Å². The Balaban J connectivity index is 2.82. The van der Waals surface area contributed by atoms with Crippen molar-refractivity contribution in [3.8, 4) is 11.3 Å². The van der Waals surface area contributed by atoms with Crippen LogP contribution in [0.4, 0.5) is 5.69 Å². The molecule has 6 nitrogen and oxygen atoms in total. The Labute approximate surface area is 109 Å². The number of nitrogen functional groups attached to an aromatic ring is 1. The van der Waals surface area contributed by atoms with Gasteiger partial charge in [-0.1, -0.05) is 30.3 Å². The first kappa shape index (κ1) is 12.8. The van der Waals surface area contributed by atoms with Crippen LogP contribution in [0.5, 0.6) is 0 Å². The SMILES string of the molecule is CCn1nc(-c2ccccc2)c(C(=O)O)c(N)c1=O. The number of carboxylic acid groups (broad SMARTS) is 1. The van der Waals surface area contributed by atoms with E-state index in [1.54, 1.807) is 31.2 Å². The quantitative estimate of drug-likeness (QED) is 0.863. The third kappa shape index (κ3) is 2.20. The van der Waals surface area contributed by atoms with E-state index in [2.05, 4.69) is 5.10 Å². The van der Waals surface area contributed by atoms with Crippen molar-refractivity contribution in [1.82, 2.24) is 9.78 Å². The van der Waals surface area contributed by atoms with Gasteiger partial charge in [0.1, 0.15) is 16.9 Å². The maximum Gasteiger partial charge on any atom is 0.340 e. The minimum Gasteiger partial charge on any atom is -0.478 e. The fourth-order valence-electron chi connectivity index (χ4n) is 1.82. The van der Waals surface area contributed by atoms with Crippen LogP contribution < -0.4 is 11.3 Å². The molecule has 3 N–H and O–H groups in total. The Hall–Kier alpha value is -2.63. The number of nitrogens with zero attached hydrogens (tertiary/aromatic N) is 2. The largest absolute Gasteiger partial charge is 0.478 e. The van der Waals surface area contributed by atoms with E-state index in [1.165, 1.54) is 0 Å². The average Bonchev–Trinajstić information content (AvgIpc) is 2.42. The number of hydrogen-bond donors (Lipinski definition) is 2. The topological polar surface area (TPSA) is 98.2 Å². The highest BCUT2D eigenvalue weighted by Crippen LogP contribution is 2.23. The van der Waals surface area contributed by atoms with Crippen molar-refractivity contribution < 1.29 is 9.90 Å². The van der Waals surface area contributed by atoms with Gasteiger partial charge in [0.15, 0.2) is 0 Å². The number of nitrogens with two attached hydrogens (primary N) is 1. The van der Waals surface area contributed by atoms with Crippen LogP contribution in [0.1, 0.15) is 17.3 Å². The molecule has 2 rings (SSSR count). The molecule has 0 aliphatic carbocycles. The van der Waals surface area contributed by atoms with E-state index in [0.29, 0.717) is 12.1 Å². The van der Waals surface area contributed by atoms with E-state index in [4.69, 9.17) is 5.73 Å². The van der Waals surface area contributed by atoms with Gasteiger partial charge in [0.2, 0.25) is 0 Å². The molecule has 0 saturated carbocycles. The van der Waals surface area contributed by atoms with Gasteiger partial charge in [-0.25, -0.2) is 9.48 Å². The highest BCUT2D eigenvalue weighted by atomic mass is 16.4. The zero-order chi connectivity index (χ0) is 14.0. The molecular formula is C13H13N3O3. The van der Waals surface area contributed by atoms with E-state index in [0.717, 1.165) is 4.68 Å². The van der Waals surface area contributed by atoms with Gasteiger partial charge in [0.05, 0.1) is 0 Å². The predicted octanol–water partition coefficient (Wildman–Crippen LogP) is 1.21. The number of carboxylic acids is 1.